The highest BCUT2D eigenvalue weighted by atomic mass is 16.3. The number of hydrogen-bond acceptors (Lipinski definition) is 4. The van der Waals surface area contributed by atoms with Gasteiger partial charge in [-0.2, -0.15) is 0 Å². The Kier molecular flexibility index (Phi) is 60.8. The molecule has 0 rings (SSSR count). The van der Waals surface area contributed by atoms with E-state index in [1.54, 1.807) is 0 Å². The lowest BCUT2D eigenvalue weighted by Gasteiger charge is -2.23. The maximum atomic E-state index is 12.6. The second kappa shape index (κ2) is 61.6. The van der Waals surface area contributed by atoms with Gasteiger partial charge in [-0.1, -0.05) is 353 Å². The zero-order chi connectivity index (χ0) is 51.4. The van der Waals surface area contributed by atoms with Gasteiger partial charge in [0.25, 0.3) is 0 Å². The number of rotatable bonds is 62. The Balaban J connectivity index is 3.45. The van der Waals surface area contributed by atoms with Crippen LogP contribution >= 0.6 is 0 Å². The van der Waals surface area contributed by atoms with Gasteiger partial charge in [-0.15, -0.1) is 0 Å². The fraction of sp³-hybridized carbons (Fsp3) is 0.955. The lowest BCUT2D eigenvalue weighted by atomic mass is 10.0. The monoisotopic (exact) mass is 1000 g/mol. The molecule has 0 fully saturated rings. The summed E-state index contributed by atoms with van der Waals surface area (Å²) in [4.78, 5) is 12.6. The Morgan fingerprint density at radius 1 is 0.324 bits per heavy atom. The first-order chi connectivity index (χ1) is 35.1. The number of aliphatic hydroxyl groups is 3. The van der Waals surface area contributed by atoms with E-state index >= 15 is 0 Å². The Hall–Kier alpha value is -0.910. The quantitative estimate of drug-likeness (QED) is 0.0361. The minimum atomic E-state index is -1.07. The Labute approximate surface area is 446 Å². The zero-order valence-electron chi connectivity index (χ0n) is 48.6. The van der Waals surface area contributed by atoms with Crippen molar-refractivity contribution >= 4 is 5.91 Å². The molecule has 1 amide bonds. The number of amides is 1. The van der Waals surface area contributed by atoms with Gasteiger partial charge in [-0.3, -0.25) is 4.79 Å². The number of carbonyl (C=O) groups is 1. The van der Waals surface area contributed by atoms with Crippen molar-refractivity contribution in [2.75, 3.05) is 6.61 Å². The molecular formula is C66H131NO4. The van der Waals surface area contributed by atoms with Gasteiger partial charge in [-0.25, -0.2) is 0 Å². The fourth-order valence-corrected chi connectivity index (χ4v) is 10.8. The number of carbonyl (C=O) groups excluding carboxylic acids is 1. The molecular weight excluding hydrogens is 871 g/mol. The van der Waals surface area contributed by atoms with Crippen LogP contribution in [0.25, 0.3) is 0 Å². The molecule has 0 aliphatic rings. The van der Waals surface area contributed by atoms with Gasteiger partial charge in [0.1, 0.15) is 6.10 Å². The summed E-state index contributed by atoms with van der Waals surface area (Å²) in [5, 5.41) is 33.7. The van der Waals surface area contributed by atoms with Gasteiger partial charge in [0.05, 0.1) is 18.8 Å². The second-order valence-electron chi connectivity index (χ2n) is 23.0. The average Bonchev–Trinajstić information content (AvgIpc) is 3.38. The third-order valence-electron chi connectivity index (χ3n) is 15.9. The Morgan fingerprint density at radius 2 is 0.535 bits per heavy atom. The molecule has 0 radical (unpaired) electrons. The van der Waals surface area contributed by atoms with Crippen LogP contribution < -0.4 is 5.32 Å². The molecule has 0 aromatic carbocycles. The van der Waals surface area contributed by atoms with Crippen LogP contribution in [0.15, 0.2) is 12.2 Å². The molecule has 0 aromatic heterocycles. The van der Waals surface area contributed by atoms with E-state index in [1.807, 2.05) is 0 Å². The van der Waals surface area contributed by atoms with E-state index in [-0.39, 0.29) is 6.61 Å². The van der Waals surface area contributed by atoms with E-state index in [2.05, 4.69) is 31.3 Å². The van der Waals surface area contributed by atoms with Crippen LogP contribution in [-0.2, 0) is 4.79 Å². The van der Waals surface area contributed by atoms with Gasteiger partial charge in [0.15, 0.2) is 0 Å². The van der Waals surface area contributed by atoms with Crippen molar-refractivity contribution in [3.8, 4) is 0 Å². The third-order valence-corrected chi connectivity index (χ3v) is 15.9. The SMILES string of the molecule is CCCCCCCCCCCCCCCC/C=C\CCCCCCCCCCCCCCCCCCC(O)C(=O)NC(CO)C(O)CCCCCCCCCCCCCCCCCCCCCCCCC. The van der Waals surface area contributed by atoms with Gasteiger partial charge >= 0.3 is 0 Å². The van der Waals surface area contributed by atoms with Crippen LogP contribution in [0.5, 0.6) is 0 Å². The smallest absolute Gasteiger partial charge is 0.249 e. The van der Waals surface area contributed by atoms with Crippen molar-refractivity contribution < 1.29 is 20.1 Å². The maximum Gasteiger partial charge on any atom is 0.249 e. The molecule has 3 atom stereocenters. The second-order valence-corrected chi connectivity index (χ2v) is 23.0. The van der Waals surface area contributed by atoms with E-state index in [0.29, 0.717) is 12.8 Å². The first-order valence-corrected chi connectivity index (χ1v) is 33.0. The minimum absolute atomic E-state index is 0.309. The Bertz CT molecular complexity index is 1020. The topological polar surface area (TPSA) is 89.8 Å². The van der Waals surface area contributed by atoms with Gasteiger partial charge in [-0.05, 0) is 38.5 Å². The highest BCUT2D eigenvalue weighted by Gasteiger charge is 2.23. The van der Waals surface area contributed by atoms with Crippen molar-refractivity contribution in [2.24, 2.45) is 0 Å². The normalized spacial score (nSPS) is 13.1. The van der Waals surface area contributed by atoms with E-state index in [9.17, 15) is 20.1 Å². The third kappa shape index (κ3) is 56.7. The van der Waals surface area contributed by atoms with Crippen molar-refractivity contribution in [3.63, 3.8) is 0 Å². The lowest BCUT2D eigenvalue weighted by molar-refractivity contribution is -0.131. The first kappa shape index (κ1) is 70.1. The summed E-state index contributed by atoms with van der Waals surface area (Å²) in [7, 11) is 0. The van der Waals surface area contributed by atoms with Crippen LogP contribution in [0.2, 0.25) is 0 Å². The van der Waals surface area contributed by atoms with Gasteiger partial charge in [0, 0.05) is 0 Å². The van der Waals surface area contributed by atoms with Crippen LogP contribution in [0.4, 0.5) is 0 Å². The molecule has 0 aliphatic carbocycles. The fourth-order valence-electron chi connectivity index (χ4n) is 10.8. The number of allylic oxidation sites excluding steroid dienone is 2. The lowest BCUT2D eigenvalue weighted by Crippen LogP contribution is -2.49. The molecule has 0 heterocycles. The molecule has 0 spiro atoms. The summed E-state index contributed by atoms with van der Waals surface area (Å²) >= 11 is 0. The highest BCUT2D eigenvalue weighted by molar-refractivity contribution is 5.80. The standard InChI is InChI=1S/C66H131NO4/c1-3-5-7-9-11-13-15-17-19-21-23-25-27-28-29-30-31-32-33-34-35-36-37-39-41-43-45-47-49-51-53-55-57-59-61-65(70)66(71)67-63(62-68)64(69)60-58-56-54-52-50-48-46-44-42-40-38-26-24-22-20-18-16-14-12-10-8-6-4-2/h30-31,63-65,68-70H,3-29,32-62H2,1-2H3,(H,67,71)/b31-30-. The van der Waals surface area contributed by atoms with E-state index < -0.39 is 24.2 Å². The predicted molar refractivity (Wildman–Crippen MR) is 315 cm³/mol. The highest BCUT2D eigenvalue weighted by Crippen LogP contribution is 2.19. The first-order valence-electron chi connectivity index (χ1n) is 33.0. The molecule has 5 heteroatoms. The van der Waals surface area contributed by atoms with E-state index in [0.717, 1.165) is 32.1 Å². The maximum absolute atomic E-state index is 12.6. The van der Waals surface area contributed by atoms with Crippen LogP contribution in [0.3, 0.4) is 0 Å². The Morgan fingerprint density at radius 3 is 0.775 bits per heavy atom. The summed E-state index contributed by atoms with van der Waals surface area (Å²) in [6.07, 6.45) is 78.8. The number of hydrogen-bond donors (Lipinski definition) is 4. The molecule has 5 nitrogen and oxygen atoms in total. The molecule has 0 saturated carbocycles. The molecule has 3 unspecified atom stereocenters. The number of unbranched alkanes of at least 4 members (excludes halogenated alkanes) is 52. The van der Waals surface area contributed by atoms with Crippen molar-refractivity contribution in [1.82, 2.24) is 5.32 Å². The molecule has 424 valence electrons. The predicted octanol–water partition coefficient (Wildman–Crippen LogP) is 21.0. The van der Waals surface area contributed by atoms with Crippen LogP contribution in [0.1, 0.15) is 380 Å². The molecule has 71 heavy (non-hydrogen) atoms. The van der Waals surface area contributed by atoms with Crippen LogP contribution in [0, 0.1) is 0 Å². The van der Waals surface area contributed by atoms with E-state index in [1.165, 1.54) is 321 Å². The van der Waals surface area contributed by atoms with Crippen molar-refractivity contribution in [2.45, 2.75) is 398 Å². The molecule has 0 aromatic rings. The van der Waals surface area contributed by atoms with Gasteiger partial charge in [0.2, 0.25) is 5.91 Å². The van der Waals surface area contributed by atoms with Crippen LogP contribution in [-0.4, -0.2) is 46.1 Å². The minimum Gasteiger partial charge on any atom is -0.394 e. The van der Waals surface area contributed by atoms with Gasteiger partial charge < -0.3 is 20.6 Å². The summed E-state index contributed by atoms with van der Waals surface area (Å²) in [6, 6.07) is -0.710. The summed E-state index contributed by atoms with van der Waals surface area (Å²) in [5.41, 5.74) is 0. The zero-order valence-corrected chi connectivity index (χ0v) is 48.6. The molecule has 0 saturated heterocycles. The summed E-state index contributed by atoms with van der Waals surface area (Å²) in [5.74, 6) is -0.462. The average molecular weight is 1000 g/mol. The number of aliphatic hydroxyl groups excluding tert-OH is 3. The van der Waals surface area contributed by atoms with E-state index in [4.69, 9.17) is 0 Å². The van der Waals surface area contributed by atoms with Crippen molar-refractivity contribution in [1.29, 1.82) is 0 Å². The molecule has 0 bridgehead atoms. The molecule has 4 N–H and O–H groups in total. The molecule has 0 aliphatic heterocycles. The largest absolute Gasteiger partial charge is 0.394 e. The number of nitrogens with one attached hydrogen (secondary N) is 1. The van der Waals surface area contributed by atoms with Crippen molar-refractivity contribution in [3.05, 3.63) is 12.2 Å². The summed E-state index contributed by atoms with van der Waals surface area (Å²) < 4.78 is 0. The summed E-state index contributed by atoms with van der Waals surface area (Å²) in [6.45, 7) is 4.29.